The van der Waals surface area contributed by atoms with Crippen molar-refractivity contribution in [2.75, 3.05) is 14.2 Å². The van der Waals surface area contributed by atoms with Crippen LogP contribution in [-0.2, 0) is 0 Å². The van der Waals surface area contributed by atoms with Gasteiger partial charge >= 0.3 is 0 Å². The van der Waals surface area contributed by atoms with E-state index in [1.807, 2.05) is 0 Å². The summed E-state index contributed by atoms with van der Waals surface area (Å²) < 4.78 is 25.3. The Morgan fingerprint density at radius 3 is 2.38 bits per heavy atom. The molecule has 0 bridgehead atoms. The van der Waals surface area contributed by atoms with E-state index in [1.165, 1.54) is 39.3 Å². The normalized spacial score (nSPS) is 10.3. The summed E-state index contributed by atoms with van der Waals surface area (Å²) in [5.41, 5.74) is 1.30. The van der Waals surface area contributed by atoms with Crippen molar-refractivity contribution in [2.24, 2.45) is 0 Å². The molecule has 0 unspecified atom stereocenters. The van der Waals surface area contributed by atoms with Crippen molar-refractivity contribution in [3.05, 3.63) is 46.2 Å². The van der Waals surface area contributed by atoms with Gasteiger partial charge in [0.25, 0.3) is 0 Å². The lowest BCUT2D eigenvalue weighted by molar-refractivity contribution is 0.101. The molecule has 3 nitrogen and oxygen atoms in total. The minimum atomic E-state index is -0.421. The van der Waals surface area contributed by atoms with Gasteiger partial charge in [-0.25, -0.2) is 4.39 Å². The molecular weight excluding hydrogens is 339 g/mol. The summed E-state index contributed by atoms with van der Waals surface area (Å²) in [5.74, 6) is 0.492. The highest BCUT2D eigenvalue weighted by Gasteiger charge is 2.17. The zero-order valence-corrected chi connectivity index (χ0v) is 13.5. The molecule has 2 aromatic carbocycles. The van der Waals surface area contributed by atoms with Gasteiger partial charge in [0.2, 0.25) is 0 Å². The summed E-state index contributed by atoms with van der Waals surface area (Å²) >= 11 is 3.38. The Kier molecular flexibility index (Phi) is 4.63. The average Bonchev–Trinajstić information content (AvgIpc) is 2.47. The summed E-state index contributed by atoms with van der Waals surface area (Å²) in [5, 5.41) is 0. The molecule has 0 radical (unpaired) electrons. The van der Waals surface area contributed by atoms with Crippen molar-refractivity contribution < 1.29 is 18.7 Å². The molecule has 0 amide bonds. The van der Waals surface area contributed by atoms with Crippen LogP contribution in [0.2, 0.25) is 0 Å². The third-order valence-electron chi connectivity index (χ3n) is 3.15. The standard InChI is InChI=1S/C16H14BrFO3/c1-9(19)10-4-6-13(18)12(8-10)11-5-7-14(20-2)15(17)16(11)21-3/h4-8H,1-3H3. The van der Waals surface area contributed by atoms with Crippen LogP contribution >= 0.6 is 15.9 Å². The monoisotopic (exact) mass is 352 g/mol. The summed E-state index contributed by atoms with van der Waals surface area (Å²) in [7, 11) is 3.03. The molecule has 2 aromatic rings. The van der Waals surface area contributed by atoms with Crippen LogP contribution < -0.4 is 9.47 Å². The Bertz CT molecular complexity index is 698. The Morgan fingerprint density at radius 1 is 1.10 bits per heavy atom. The van der Waals surface area contributed by atoms with E-state index in [2.05, 4.69) is 15.9 Å². The molecule has 110 valence electrons. The second-order valence-corrected chi connectivity index (χ2v) is 5.21. The third kappa shape index (κ3) is 2.93. The van der Waals surface area contributed by atoms with Crippen LogP contribution in [0.15, 0.2) is 34.8 Å². The second kappa shape index (κ2) is 6.26. The number of methoxy groups -OCH3 is 2. The molecule has 0 spiro atoms. The largest absolute Gasteiger partial charge is 0.495 e. The number of benzene rings is 2. The van der Waals surface area contributed by atoms with Gasteiger partial charge in [0, 0.05) is 16.7 Å². The first-order valence-corrected chi connectivity index (χ1v) is 7.00. The smallest absolute Gasteiger partial charge is 0.159 e. The van der Waals surface area contributed by atoms with Crippen LogP contribution in [-0.4, -0.2) is 20.0 Å². The highest BCUT2D eigenvalue weighted by Crippen LogP contribution is 2.42. The topological polar surface area (TPSA) is 35.5 Å². The van der Waals surface area contributed by atoms with Gasteiger partial charge in [-0.2, -0.15) is 0 Å². The van der Waals surface area contributed by atoms with Gasteiger partial charge in [-0.3, -0.25) is 4.79 Å². The number of hydrogen-bond donors (Lipinski definition) is 0. The lowest BCUT2D eigenvalue weighted by Crippen LogP contribution is -1.97. The Hall–Kier alpha value is -1.88. The molecule has 0 N–H and O–H groups in total. The molecule has 0 heterocycles. The maximum absolute atomic E-state index is 14.1. The number of ketones is 1. The zero-order chi connectivity index (χ0) is 15.6. The third-order valence-corrected chi connectivity index (χ3v) is 3.90. The number of ether oxygens (including phenoxy) is 2. The first-order valence-electron chi connectivity index (χ1n) is 6.21. The number of rotatable bonds is 4. The predicted octanol–water partition coefficient (Wildman–Crippen LogP) is 4.48. The van der Waals surface area contributed by atoms with E-state index in [1.54, 1.807) is 12.1 Å². The lowest BCUT2D eigenvalue weighted by atomic mass is 10.00. The van der Waals surface area contributed by atoms with Gasteiger partial charge in [-0.15, -0.1) is 0 Å². The number of carbonyl (C=O) groups is 1. The maximum atomic E-state index is 14.1. The molecule has 0 aliphatic heterocycles. The highest BCUT2D eigenvalue weighted by atomic mass is 79.9. The summed E-state index contributed by atoms with van der Waals surface area (Å²) in [6, 6.07) is 7.68. The van der Waals surface area contributed by atoms with Gasteiger partial charge < -0.3 is 9.47 Å². The fourth-order valence-electron chi connectivity index (χ4n) is 2.06. The van der Waals surface area contributed by atoms with Crippen molar-refractivity contribution in [3.8, 4) is 22.6 Å². The van der Waals surface area contributed by atoms with E-state index in [0.717, 1.165) is 0 Å². The maximum Gasteiger partial charge on any atom is 0.159 e. The molecule has 0 saturated carbocycles. The summed E-state index contributed by atoms with van der Waals surface area (Å²) in [4.78, 5) is 11.5. The van der Waals surface area contributed by atoms with Gasteiger partial charge in [0.15, 0.2) is 5.78 Å². The lowest BCUT2D eigenvalue weighted by Gasteiger charge is -2.14. The van der Waals surface area contributed by atoms with E-state index in [9.17, 15) is 9.18 Å². The molecule has 0 atom stereocenters. The van der Waals surface area contributed by atoms with E-state index < -0.39 is 5.82 Å². The number of Topliss-reactive ketones (excluding diaryl/α,β-unsaturated/α-hetero) is 1. The number of halogens is 2. The Balaban J connectivity index is 2.69. The first kappa shape index (κ1) is 15.5. The first-order chi connectivity index (χ1) is 9.99. The van der Waals surface area contributed by atoms with Crippen LogP contribution in [0.4, 0.5) is 4.39 Å². The molecule has 0 aliphatic carbocycles. The fourth-order valence-corrected chi connectivity index (χ4v) is 2.73. The molecular formula is C16H14BrFO3. The number of carbonyl (C=O) groups excluding carboxylic acids is 1. The Labute approximate surface area is 130 Å². The molecule has 0 aliphatic rings. The van der Waals surface area contributed by atoms with Gasteiger partial charge in [0.1, 0.15) is 21.8 Å². The van der Waals surface area contributed by atoms with Crippen LogP contribution in [0.3, 0.4) is 0 Å². The van der Waals surface area contributed by atoms with Crippen LogP contribution in [0.1, 0.15) is 17.3 Å². The van der Waals surface area contributed by atoms with E-state index in [4.69, 9.17) is 9.47 Å². The van der Waals surface area contributed by atoms with E-state index in [-0.39, 0.29) is 5.78 Å². The number of hydrogen-bond acceptors (Lipinski definition) is 3. The summed E-state index contributed by atoms with van der Waals surface area (Å²) in [6.45, 7) is 1.44. The molecule has 5 heteroatoms. The van der Waals surface area contributed by atoms with Gasteiger partial charge in [0.05, 0.1) is 14.2 Å². The second-order valence-electron chi connectivity index (χ2n) is 4.41. The highest BCUT2D eigenvalue weighted by molar-refractivity contribution is 9.10. The van der Waals surface area contributed by atoms with Gasteiger partial charge in [-0.1, -0.05) is 0 Å². The Morgan fingerprint density at radius 2 is 1.81 bits per heavy atom. The minimum absolute atomic E-state index is 0.122. The molecule has 0 aromatic heterocycles. The zero-order valence-electron chi connectivity index (χ0n) is 11.9. The van der Waals surface area contributed by atoms with E-state index in [0.29, 0.717) is 32.7 Å². The van der Waals surface area contributed by atoms with Crippen LogP contribution in [0.5, 0.6) is 11.5 Å². The fraction of sp³-hybridized carbons (Fsp3) is 0.188. The quantitative estimate of drug-likeness (QED) is 0.761. The molecule has 0 fully saturated rings. The average molecular weight is 353 g/mol. The molecule has 2 rings (SSSR count). The minimum Gasteiger partial charge on any atom is -0.495 e. The van der Waals surface area contributed by atoms with E-state index >= 15 is 0 Å². The predicted molar refractivity (Wildman–Crippen MR) is 82.6 cm³/mol. The van der Waals surface area contributed by atoms with Crippen LogP contribution in [0.25, 0.3) is 11.1 Å². The van der Waals surface area contributed by atoms with Crippen molar-refractivity contribution in [1.82, 2.24) is 0 Å². The van der Waals surface area contributed by atoms with Crippen molar-refractivity contribution in [2.45, 2.75) is 6.92 Å². The molecule has 21 heavy (non-hydrogen) atoms. The van der Waals surface area contributed by atoms with Gasteiger partial charge in [-0.05, 0) is 53.2 Å². The van der Waals surface area contributed by atoms with Crippen molar-refractivity contribution >= 4 is 21.7 Å². The SMILES string of the molecule is COc1ccc(-c2cc(C(C)=O)ccc2F)c(OC)c1Br. The van der Waals surface area contributed by atoms with Crippen LogP contribution in [0, 0.1) is 5.82 Å². The van der Waals surface area contributed by atoms with Crippen molar-refractivity contribution in [3.63, 3.8) is 0 Å². The summed E-state index contributed by atoms with van der Waals surface area (Å²) in [6.07, 6.45) is 0. The van der Waals surface area contributed by atoms with Crippen molar-refractivity contribution in [1.29, 1.82) is 0 Å². The molecule has 0 saturated heterocycles.